The molecule has 0 N–H and O–H groups in total. The standard InChI is InChI=1S/C24H23ClN2O4S2/c1-4-7-17-20(23(29)31-5-2)21(16-12-14(25)9-10-18(16)30-3)27-22(28)19(33-24(27)26-17)13-15-8-6-11-32-15/h6,8-13,21H,4-5,7H2,1-3H3/b19-13+/t21-/m0/s1. The van der Waals surface area contributed by atoms with Crippen molar-refractivity contribution in [2.45, 2.75) is 32.7 Å². The Hall–Kier alpha value is -2.68. The van der Waals surface area contributed by atoms with Crippen molar-refractivity contribution in [1.29, 1.82) is 0 Å². The van der Waals surface area contributed by atoms with E-state index in [9.17, 15) is 9.59 Å². The molecular formula is C24H23ClN2O4S2. The molecule has 3 aromatic rings. The number of fused-ring (bicyclic) bond motifs is 1. The summed E-state index contributed by atoms with van der Waals surface area (Å²) in [7, 11) is 1.55. The predicted octanol–water partition coefficient (Wildman–Crippen LogP) is 4.30. The van der Waals surface area contributed by atoms with Crippen LogP contribution in [0.4, 0.5) is 0 Å². The molecule has 1 aromatic carbocycles. The summed E-state index contributed by atoms with van der Waals surface area (Å²) >= 11 is 9.20. The number of rotatable bonds is 7. The maximum atomic E-state index is 13.6. The quantitative estimate of drug-likeness (QED) is 0.452. The van der Waals surface area contributed by atoms with Gasteiger partial charge in [0.1, 0.15) is 11.8 Å². The minimum atomic E-state index is -0.763. The Kier molecular flexibility index (Phi) is 7.17. The number of ether oxygens (including phenoxy) is 2. The highest BCUT2D eigenvalue weighted by Gasteiger charge is 2.36. The van der Waals surface area contributed by atoms with Crippen LogP contribution in [0.5, 0.6) is 5.75 Å². The Morgan fingerprint density at radius 1 is 1.30 bits per heavy atom. The van der Waals surface area contributed by atoms with Gasteiger partial charge in [0.25, 0.3) is 5.56 Å². The molecule has 0 spiro atoms. The molecule has 6 nitrogen and oxygen atoms in total. The van der Waals surface area contributed by atoms with E-state index in [1.807, 2.05) is 30.5 Å². The molecular weight excluding hydrogens is 480 g/mol. The van der Waals surface area contributed by atoms with Gasteiger partial charge >= 0.3 is 5.97 Å². The number of aromatic nitrogens is 1. The maximum absolute atomic E-state index is 13.6. The molecule has 4 rings (SSSR count). The lowest BCUT2D eigenvalue weighted by molar-refractivity contribution is -0.139. The molecule has 0 aliphatic carbocycles. The van der Waals surface area contributed by atoms with Crippen molar-refractivity contribution in [3.05, 3.63) is 82.1 Å². The van der Waals surface area contributed by atoms with Gasteiger partial charge < -0.3 is 9.47 Å². The van der Waals surface area contributed by atoms with Crippen LogP contribution in [-0.4, -0.2) is 24.3 Å². The van der Waals surface area contributed by atoms with Crippen LogP contribution in [0.2, 0.25) is 5.02 Å². The summed E-state index contributed by atoms with van der Waals surface area (Å²) in [5, 5.41) is 2.43. The van der Waals surface area contributed by atoms with E-state index < -0.39 is 12.0 Å². The maximum Gasteiger partial charge on any atom is 0.338 e. The summed E-state index contributed by atoms with van der Waals surface area (Å²) in [6.45, 7) is 3.99. The Morgan fingerprint density at radius 2 is 2.12 bits per heavy atom. The van der Waals surface area contributed by atoms with Gasteiger partial charge in [0, 0.05) is 15.5 Å². The zero-order chi connectivity index (χ0) is 23.5. The van der Waals surface area contributed by atoms with E-state index in [1.54, 1.807) is 48.1 Å². The number of hydrogen-bond acceptors (Lipinski definition) is 7. The van der Waals surface area contributed by atoms with E-state index in [4.69, 9.17) is 26.1 Å². The number of allylic oxidation sites excluding steroid dienone is 1. The van der Waals surface area contributed by atoms with Gasteiger partial charge in [0.2, 0.25) is 0 Å². The van der Waals surface area contributed by atoms with E-state index in [2.05, 4.69) is 0 Å². The van der Waals surface area contributed by atoms with Gasteiger partial charge in [-0.05, 0) is 49.1 Å². The fourth-order valence-electron chi connectivity index (χ4n) is 3.84. The number of thiazole rings is 1. The van der Waals surface area contributed by atoms with E-state index in [1.165, 1.54) is 11.3 Å². The minimum absolute atomic E-state index is 0.212. The monoisotopic (exact) mass is 502 g/mol. The lowest BCUT2D eigenvalue weighted by Gasteiger charge is -2.27. The van der Waals surface area contributed by atoms with Gasteiger partial charge in [-0.2, -0.15) is 0 Å². The second-order valence-corrected chi connectivity index (χ2v) is 9.74. The van der Waals surface area contributed by atoms with E-state index >= 15 is 0 Å². The summed E-state index contributed by atoms with van der Waals surface area (Å²) in [6, 6.07) is 8.31. The van der Waals surface area contributed by atoms with Crippen molar-refractivity contribution in [3.63, 3.8) is 0 Å². The van der Waals surface area contributed by atoms with Crippen molar-refractivity contribution < 1.29 is 14.3 Å². The average molecular weight is 503 g/mol. The molecule has 2 aromatic heterocycles. The molecule has 9 heteroatoms. The number of carbonyl (C=O) groups excluding carboxylic acids is 1. The Balaban J connectivity index is 2.06. The number of benzene rings is 1. The van der Waals surface area contributed by atoms with Gasteiger partial charge in [-0.1, -0.05) is 42.3 Å². The van der Waals surface area contributed by atoms with Crippen molar-refractivity contribution in [2.24, 2.45) is 4.99 Å². The smallest absolute Gasteiger partial charge is 0.338 e. The highest BCUT2D eigenvalue weighted by atomic mass is 35.5. The third-order valence-corrected chi connectivity index (χ3v) is 7.23. The average Bonchev–Trinajstić information content (AvgIpc) is 3.41. The summed E-state index contributed by atoms with van der Waals surface area (Å²) in [5.41, 5.74) is 1.35. The van der Waals surface area contributed by atoms with Crippen LogP contribution in [0.25, 0.3) is 6.08 Å². The molecule has 0 radical (unpaired) electrons. The number of halogens is 1. The van der Waals surface area contributed by atoms with Gasteiger partial charge in [-0.15, -0.1) is 11.3 Å². The summed E-state index contributed by atoms with van der Waals surface area (Å²) < 4.78 is 13.1. The Labute approximate surface area is 204 Å². The van der Waals surface area contributed by atoms with Crippen molar-refractivity contribution in [3.8, 4) is 5.75 Å². The molecule has 1 aliphatic heterocycles. The summed E-state index contributed by atoms with van der Waals surface area (Å²) in [4.78, 5) is 33.1. The molecule has 33 heavy (non-hydrogen) atoms. The second kappa shape index (κ2) is 10.1. The molecule has 0 bridgehead atoms. The minimum Gasteiger partial charge on any atom is -0.496 e. The Morgan fingerprint density at radius 3 is 2.79 bits per heavy atom. The van der Waals surface area contributed by atoms with Crippen LogP contribution < -0.4 is 19.6 Å². The number of methoxy groups -OCH3 is 1. The fraction of sp³-hybridized carbons (Fsp3) is 0.292. The van der Waals surface area contributed by atoms with Crippen LogP contribution in [0.1, 0.15) is 43.2 Å². The largest absolute Gasteiger partial charge is 0.496 e. The van der Waals surface area contributed by atoms with Crippen LogP contribution in [0, 0.1) is 0 Å². The van der Waals surface area contributed by atoms with Crippen molar-refractivity contribution >= 4 is 46.3 Å². The van der Waals surface area contributed by atoms with Crippen LogP contribution in [0.15, 0.2) is 56.8 Å². The summed E-state index contributed by atoms with van der Waals surface area (Å²) in [5.74, 6) is 0.0287. The van der Waals surface area contributed by atoms with Gasteiger partial charge in [-0.3, -0.25) is 9.36 Å². The molecule has 0 amide bonds. The van der Waals surface area contributed by atoms with Gasteiger partial charge in [-0.25, -0.2) is 9.79 Å². The lowest BCUT2D eigenvalue weighted by atomic mass is 9.93. The third-order valence-electron chi connectivity index (χ3n) is 5.20. The van der Waals surface area contributed by atoms with E-state index in [0.717, 1.165) is 11.3 Å². The van der Waals surface area contributed by atoms with E-state index in [0.29, 0.717) is 43.4 Å². The Bertz CT molecular complexity index is 1390. The molecule has 1 aliphatic rings. The van der Waals surface area contributed by atoms with E-state index in [-0.39, 0.29) is 12.2 Å². The first-order chi connectivity index (χ1) is 16.0. The fourth-order valence-corrected chi connectivity index (χ4v) is 5.76. The zero-order valence-electron chi connectivity index (χ0n) is 18.5. The first kappa shape index (κ1) is 23.5. The summed E-state index contributed by atoms with van der Waals surface area (Å²) in [6.07, 6.45) is 3.21. The second-order valence-electron chi connectivity index (χ2n) is 7.32. The molecule has 0 saturated heterocycles. The number of hydrogen-bond donors (Lipinski definition) is 0. The third kappa shape index (κ3) is 4.55. The normalized spacial score (nSPS) is 15.9. The van der Waals surface area contributed by atoms with Gasteiger partial charge in [0.15, 0.2) is 4.80 Å². The van der Waals surface area contributed by atoms with Crippen molar-refractivity contribution in [2.75, 3.05) is 13.7 Å². The molecule has 3 heterocycles. The SMILES string of the molecule is CCCC1=C(C(=O)OCC)[C@H](c2cc(Cl)ccc2OC)n2c(s/c(=C/c3cccs3)c2=O)=N1. The number of nitrogens with zero attached hydrogens (tertiary/aromatic N) is 2. The molecule has 0 saturated carbocycles. The number of thiophene rings is 1. The van der Waals surface area contributed by atoms with Crippen LogP contribution >= 0.6 is 34.3 Å². The molecule has 0 fully saturated rings. The first-order valence-corrected chi connectivity index (χ1v) is 12.6. The van der Waals surface area contributed by atoms with Crippen LogP contribution in [-0.2, 0) is 9.53 Å². The first-order valence-electron chi connectivity index (χ1n) is 10.6. The van der Waals surface area contributed by atoms with Gasteiger partial charge in [0.05, 0.1) is 29.5 Å². The topological polar surface area (TPSA) is 69.9 Å². The van der Waals surface area contributed by atoms with Crippen LogP contribution in [0.3, 0.4) is 0 Å². The predicted molar refractivity (Wildman–Crippen MR) is 132 cm³/mol. The highest BCUT2D eigenvalue weighted by molar-refractivity contribution is 7.11. The highest BCUT2D eigenvalue weighted by Crippen LogP contribution is 2.38. The molecule has 1 atom stereocenters. The number of esters is 1. The van der Waals surface area contributed by atoms with Crippen molar-refractivity contribution in [1.82, 2.24) is 4.57 Å². The number of carbonyl (C=O) groups is 1. The lowest BCUT2D eigenvalue weighted by Crippen LogP contribution is -2.40. The molecule has 172 valence electrons. The molecule has 0 unspecified atom stereocenters. The zero-order valence-corrected chi connectivity index (χ0v) is 20.9.